The molecule has 0 radical (unpaired) electrons. The molecular formula is C38H58N6O7. The fourth-order valence-corrected chi connectivity index (χ4v) is 8.67. The molecule has 6 amide bonds. The average Bonchev–Trinajstić information content (AvgIpc) is 3.40. The summed E-state index contributed by atoms with van der Waals surface area (Å²) >= 11 is 0. The minimum atomic E-state index is -1.17. The summed E-state index contributed by atoms with van der Waals surface area (Å²) in [5.41, 5.74) is -1.55. The number of piperidine rings is 1. The van der Waals surface area contributed by atoms with Gasteiger partial charge in [0.2, 0.25) is 17.6 Å². The largest absolute Gasteiger partial charge is 0.447 e. The molecule has 5 N–H and O–H groups in total. The number of rotatable bonds is 15. The molecule has 0 aromatic carbocycles. The SMILES string of the molecule is C#CCCC(NC(=O)[C@@H]1[C@@H]2[C@H](CN1C(=O)[C@@H](NC(=O)NC1(COC(=O)NCC)CCCCC1)C1(C)CCCCC1)C2(C)C)C(=O)C(=O)NCC=C. The van der Waals surface area contributed by atoms with E-state index in [1.165, 1.54) is 6.08 Å². The molecule has 5 atom stereocenters. The Kier molecular flexibility index (Phi) is 13.2. The zero-order chi connectivity index (χ0) is 37.4. The van der Waals surface area contributed by atoms with Crippen molar-refractivity contribution in [3.8, 4) is 12.3 Å². The van der Waals surface area contributed by atoms with Gasteiger partial charge in [0.15, 0.2) is 0 Å². The van der Waals surface area contributed by atoms with Gasteiger partial charge in [-0.1, -0.05) is 65.4 Å². The fourth-order valence-electron chi connectivity index (χ4n) is 8.67. The Labute approximate surface area is 302 Å². The van der Waals surface area contributed by atoms with Crippen LogP contribution in [0.4, 0.5) is 9.59 Å². The third-order valence-electron chi connectivity index (χ3n) is 11.8. The minimum absolute atomic E-state index is 0.0140. The minimum Gasteiger partial charge on any atom is -0.447 e. The Morgan fingerprint density at radius 2 is 1.61 bits per heavy atom. The van der Waals surface area contributed by atoms with Crippen molar-refractivity contribution in [1.29, 1.82) is 0 Å². The van der Waals surface area contributed by atoms with Crippen molar-refractivity contribution < 1.29 is 33.5 Å². The first-order valence-electron chi connectivity index (χ1n) is 18.7. The number of terminal acetylenes is 1. The molecule has 1 aliphatic heterocycles. The van der Waals surface area contributed by atoms with Crippen molar-refractivity contribution >= 4 is 35.6 Å². The molecule has 0 aromatic heterocycles. The summed E-state index contributed by atoms with van der Waals surface area (Å²) in [5.74, 6) is -0.172. The number of nitrogens with zero attached hydrogens (tertiary/aromatic N) is 1. The number of likely N-dealkylation sites (tertiary alicyclic amines) is 1. The van der Waals surface area contributed by atoms with Gasteiger partial charge in [0.25, 0.3) is 5.91 Å². The molecule has 3 saturated carbocycles. The molecule has 3 aliphatic carbocycles. The Morgan fingerprint density at radius 1 is 0.961 bits per heavy atom. The van der Waals surface area contributed by atoms with Crippen LogP contribution in [-0.4, -0.2) is 90.4 Å². The molecule has 4 aliphatic rings. The van der Waals surface area contributed by atoms with Crippen LogP contribution in [0.25, 0.3) is 0 Å². The van der Waals surface area contributed by atoms with E-state index in [0.29, 0.717) is 25.9 Å². The van der Waals surface area contributed by atoms with Gasteiger partial charge in [-0.3, -0.25) is 19.2 Å². The maximum atomic E-state index is 14.8. The van der Waals surface area contributed by atoms with Gasteiger partial charge in [0.05, 0.1) is 11.6 Å². The molecule has 4 fully saturated rings. The van der Waals surface area contributed by atoms with Crippen molar-refractivity contribution in [3.63, 3.8) is 0 Å². The van der Waals surface area contributed by atoms with Crippen molar-refractivity contribution in [2.24, 2.45) is 22.7 Å². The zero-order valence-corrected chi connectivity index (χ0v) is 30.9. The lowest BCUT2D eigenvalue weighted by Crippen LogP contribution is -2.64. The number of amides is 6. The summed E-state index contributed by atoms with van der Waals surface area (Å²) < 4.78 is 5.50. The van der Waals surface area contributed by atoms with Crippen LogP contribution in [0.3, 0.4) is 0 Å². The van der Waals surface area contributed by atoms with Crippen molar-refractivity contribution in [2.45, 2.75) is 128 Å². The molecule has 1 unspecified atom stereocenters. The van der Waals surface area contributed by atoms with E-state index in [0.717, 1.165) is 51.4 Å². The summed E-state index contributed by atoms with van der Waals surface area (Å²) in [6.07, 6.45) is 14.9. The summed E-state index contributed by atoms with van der Waals surface area (Å²) in [5, 5.41) is 14.0. The second-order valence-electron chi connectivity index (χ2n) is 15.7. The first kappa shape index (κ1) is 39.7. The number of fused-ring (bicyclic) bond motifs is 1. The van der Waals surface area contributed by atoms with E-state index in [-0.39, 0.29) is 49.2 Å². The fraction of sp³-hybridized carbons (Fsp3) is 0.737. The number of ketones is 1. The molecule has 4 rings (SSSR count). The maximum Gasteiger partial charge on any atom is 0.407 e. The van der Waals surface area contributed by atoms with Crippen LogP contribution in [0.2, 0.25) is 0 Å². The number of nitrogens with one attached hydrogen (secondary N) is 5. The molecule has 51 heavy (non-hydrogen) atoms. The number of carbonyl (C=O) groups is 6. The van der Waals surface area contributed by atoms with E-state index in [4.69, 9.17) is 11.2 Å². The van der Waals surface area contributed by atoms with Gasteiger partial charge in [-0.15, -0.1) is 18.9 Å². The van der Waals surface area contributed by atoms with Gasteiger partial charge in [0.1, 0.15) is 18.7 Å². The third-order valence-corrected chi connectivity index (χ3v) is 11.8. The molecule has 0 bridgehead atoms. The summed E-state index contributed by atoms with van der Waals surface area (Å²) in [6.45, 7) is 12.4. The van der Waals surface area contributed by atoms with E-state index in [2.05, 4.69) is 52.9 Å². The monoisotopic (exact) mass is 710 g/mol. The average molecular weight is 711 g/mol. The molecule has 13 nitrogen and oxygen atoms in total. The van der Waals surface area contributed by atoms with E-state index in [1.807, 2.05) is 6.92 Å². The highest BCUT2D eigenvalue weighted by molar-refractivity contribution is 6.38. The lowest BCUT2D eigenvalue weighted by molar-refractivity contribution is -0.146. The van der Waals surface area contributed by atoms with Crippen molar-refractivity contribution in [3.05, 3.63) is 12.7 Å². The van der Waals surface area contributed by atoms with E-state index in [9.17, 15) is 28.8 Å². The highest BCUT2D eigenvalue weighted by Gasteiger charge is 2.70. The third kappa shape index (κ3) is 9.24. The normalized spacial score (nSPS) is 25.0. The number of ether oxygens (including phenoxy) is 1. The molecule has 1 saturated heterocycles. The van der Waals surface area contributed by atoms with Crippen LogP contribution in [0.5, 0.6) is 0 Å². The van der Waals surface area contributed by atoms with Crippen LogP contribution >= 0.6 is 0 Å². The van der Waals surface area contributed by atoms with Gasteiger partial charge < -0.3 is 36.2 Å². The summed E-state index contributed by atoms with van der Waals surface area (Å²) in [4.78, 5) is 82.4. The van der Waals surface area contributed by atoms with Gasteiger partial charge in [-0.2, -0.15) is 0 Å². The Hall–Kier alpha value is -4.08. The Morgan fingerprint density at radius 3 is 2.22 bits per heavy atom. The van der Waals surface area contributed by atoms with E-state index < -0.39 is 58.8 Å². The molecule has 13 heteroatoms. The molecule has 1 heterocycles. The highest BCUT2D eigenvalue weighted by Crippen LogP contribution is 2.65. The van der Waals surface area contributed by atoms with Gasteiger partial charge >= 0.3 is 12.1 Å². The Balaban J connectivity index is 1.58. The van der Waals surface area contributed by atoms with E-state index >= 15 is 0 Å². The van der Waals surface area contributed by atoms with Crippen molar-refractivity contribution in [2.75, 3.05) is 26.2 Å². The quantitative estimate of drug-likeness (QED) is 0.0985. The standard InChI is InChI=1S/C38H58N6O7/c1-7-10-17-26(29(45)32(47)40-22-8-2)41-31(46)28-27-25(36(27,4)5)23-44(28)33(48)30(37(6)18-13-11-14-19-37)42-34(49)43-38(20-15-12-16-21-38)24-51-35(50)39-9-3/h1,8,25-28,30H,2,9-24H2,3-6H3,(H,39,50)(H,40,47)(H,41,46)(H2,42,43,49)/t25-,26?,27-,28-,30+/m0/s1. The summed E-state index contributed by atoms with van der Waals surface area (Å²) in [6, 6.07) is -3.51. The second kappa shape index (κ2) is 17.0. The topological polar surface area (TPSA) is 175 Å². The number of urea groups is 1. The first-order valence-corrected chi connectivity index (χ1v) is 18.7. The maximum absolute atomic E-state index is 14.8. The smallest absolute Gasteiger partial charge is 0.407 e. The predicted molar refractivity (Wildman–Crippen MR) is 192 cm³/mol. The summed E-state index contributed by atoms with van der Waals surface area (Å²) in [7, 11) is 0. The highest BCUT2D eigenvalue weighted by atomic mass is 16.5. The van der Waals surface area contributed by atoms with Crippen molar-refractivity contribution in [1.82, 2.24) is 31.5 Å². The van der Waals surface area contributed by atoms with Crippen LogP contribution in [0.1, 0.15) is 105 Å². The van der Waals surface area contributed by atoms with Crippen LogP contribution in [-0.2, 0) is 23.9 Å². The van der Waals surface area contributed by atoms with Gasteiger partial charge in [0, 0.05) is 26.1 Å². The molecule has 0 aromatic rings. The second-order valence-corrected chi connectivity index (χ2v) is 15.7. The lowest BCUT2D eigenvalue weighted by Gasteiger charge is -2.44. The van der Waals surface area contributed by atoms with Crippen LogP contribution < -0.4 is 26.6 Å². The number of carbonyl (C=O) groups excluding carboxylic acids is 6. The number of alkyl carbamates (subject to hydrolysis) is 1. The predicted octanol–water partition coefficient (Wildman–Crippen LogP) is 3.33. The molecule has 282 valence electrons. The zero-order valence-electron chi connectivity index (χ0n) is 30.9. The Bertz CT molecular complexity index is 1380. The van der Waals surface area contributed by atoms with Gasteiger partial charge in [-0.25, -0.2) is 9.59 Å². The van der Waals surface area contributed by atoms with Gasteiger partial charge in [-0.05, 0) is 61.7 Å². The van der Waals surface area contributed by atoms with Crippen LogP contribution in [0.15, 0.2) is 12.7 Å². The lowest BCUT2D eigenvalue weighted by atomic mass is 9.70. The first-order chi connectivity index (χ1) is 24.2. The number of Topliss-reactive ketones (excluding diaryl/α,β-unsaturated/α-hetero) is 1. The number of hydrogen-bond acceptors (Lipinski definition) is 7. The van der Waals surface area contributed by atoms with E-state index in [1.54, 1.807) is 11.8 Å². The number of hydrogen-bond donors (Lipinski definition) is 5. The van der Waals surface area contributed by atoms with Crippen LogP contribution in [0, 0.1) is 35.0 Å². The molecular weight excluding hydrogens is 652 g/mol. The molecule has 0 spiro atoms.